The van der Waals surface area contributed by atoms with Crippen LogP contribution in [0.4, 0.5) is 4.39 Å². The summed E-state index contributed by atoms with van der Waals surface area (Å²) in [5.74, 6) is 0.458. The van der Waals surface area contributed by atoms with Gasteiger partial charge in [0.15, 0.2) is 0 Å². The van der Waals surface area contributed by atoms with Gasteiger partial charge in [0.25, 0.3) is 0 Å². The standard InChI is InChI=1S/C25H25FN2OS/c26-24-9-5-4-8-22(24)19-29-23-12-10-21(11-13-23)25(30)28-16-14-27(15-17-28)18-20-6-2-1-3-7-20/h1-13H,14-19H2. The van der Waals surface area contributed by atoms with Gasteiger partial charge in [-0.25, -0.2) is 4.39 Å². The normalized spacial score (nSPS) is 14.5. The minimum Gasteiger partial charge on any atom is -0.489 e. The Morgan fingerprint density at radius 3 is 2.20 bits per heavy atom. The number of nitrogens with zero attached hydrogens (tertiary/aromatic N) is 2. The summed E-state index contributed by atoms with van der Waals surface area (Å²) in [6.07, 6.45) is 0. The third kappa shape index (κ3) is 5.23. The van der Waals surface area contributed by atoms with E-state index in [1.807, 2.05) is 30.3 Å². The maximum Gasteiger partial charge on any atom is 0.129 e. The molecule has 3 aromatic carbocycles. The average molecular weight is 421 g/mol. The molecule has 0 aromatic heterocycles. The molecule has 1 aliphatic heterocycles. The van der Waals surface area contributed by atoms with Gasteiger partial charge < -0.3 is 9.64 Å². The predicted octanol–water partition coefficient (Wildman–Crippen LogP) is 4.90. The van der Waals surface area contributed by atoms with Crippen molar-refractivity contribution >= 4 is 17.2 Å². The number of hydrogen-bond acceptors (Lipinski definition) is 3. The first-order chi connectivity index (χ1) is 14.7. The van der Waals surface area contributed by atoms with Crippen LogP contribution in [-0.2, 0) is 13.2 Å². The Balaban J connectivity index is 1.28. The Morgan fingerprint density at radius 1 is 0.833 bits per heavy atom. The first-order valence-electron chi connectivity index (χ1n) is 10.2. The van der Waals surface area contributed by atoms with Crippen LogP contribution in [0.2, 0.25) is 0 Å². The van der Waals surface area contributed by atoms with Crippen molar-refractivity contribution in [2.45, 2.75) is 13.2 Å². The molecule has 1 fully saturated rings. The zero-order chi connectivity index (χ0) is 20.8. The summed E-state index contributed by atoms with van der Waals surface area (Å²) < 4.78 is 19.4. The van der Waals surface area contributed by atoms with Crippen LogP contribution >= 0.6 is 12.2 Å². The van der Waals surface area contributed by atoms with Crippen LogP contribution in [0, 0.1) is 5.82 Å². The molecule has 0 amide bonds. The molecule has 0 unspecified atom stereocenters. The molecule has 4 rings (SSSR count). The lowest BCUT2D eigenvalue weighted by Crippen LogP contribution is -2.47. The number of hydrogen-bond donors (Lipinski definition) is 0. The van der Waals surface area contributed by atoms with E-state index in [0.717, 1.165) is 43.3 Å². The summed E-state index contributed by atoms with van der Waals surface area (Å²) in [7, 11) is 0. The molecule has 0 aliphatic carbocycles. The highest BCUT2D eigenvalue weighted by Crippen LogP contribution is 2.18. The third-order valence-electron chi connectivity index (χ3n) is 5.36. The molecule has 0 bridgehead atoms. The lowest BCUT2D eigenvalue weighted by molar-refractivity contribution is 0.177. The Morgan fingerprint density at radius 2 is 1.50 bits per heavy atom. The molecule has 0 N–H and O–H groups in total. The van der Waals surface area contributed by atoms with Crippen molar-refractivity contribution < 1.29 is 9.13 Å². The molecular formula is C25H25FN2OS. The number of ether oxygens (including phenoxy) is 1. The fourth-order valence-electron chi connectivity index (χ4n) is 3.60. The molecule has 3 aromatic rings. The smallest absolute Gasteiger partial charge is 0.129 e. The average Bonchev–Trinajstić information content (AvgIpc) is 2.80. The highest BCUT2D eigenvalue weighted by molar-refractivity contribution is 7.80. The first kappa shape index (κ1) is 20.5. The second kappa shape index (κ2) is 9.83. The quantitative estimate of drug-likeness (QED) is 0.527. The van der Waals surface area contributed by atoms with Crippen molar-refractivity contribution in [2.24, 2.45) is 0 Å². The van der Waals surface area contributed by atoms with Crippen LogP contribution in [0.3, 0.4) is 0 Å². The molecule has 0 spiro atoms. The van der Waals surface area contributed by atoms with Gasteiger partial charge >= 0.3 is 0 Å². The van der Waals surface area contributed by atoms with Gasteiger partial charge in [0.05, 0.1) is 0 Å². The highest BCUT2D eigenvalue weighted by Gasteiger charge is 2.19. The number of rotatable bonds is 6. The van der Waals surface area contributed by atoms with Gasteiger partial charge in [-0.2, -0.15) is 0 Å². The van der Waals surface area contributed by atoms with Crippen LogP contribution in [0.15, 0.2) is 78.9 Å². The second-order valence-corrected chi connectivity index (χ2v) is 7.85. The largest absolute Gasteiger partial charge is 0.489 e. The summed E-state index contributed by atoms with van der Waals surface area (Å²) in [6.45, 7) is 5.04. The van der Waals surface area contributed by atoms with Crippen molar-refractivity contribution in [1.29, 1.82) is 0 Å². The van der Waals surface area contributed by atoms with E-state index in [4.69, 9.17) is 17.0 Å². The first-order valence-corrected chi connectivity index (χ1v) is 10.6. The molecule has 30 heavy (non-hydrogen) atoms. The van der Waals surface area contributed by atoms with E-state index in [0.29, 0.717) is 11.3 Å². The van der Waals surface area contributed by atoms with Crippen LogP contribution in [0.1, 0.15) is 16.7 Å². The van der Waals surface area contributed by atoms with Gasteiger partial charge in [0.2, 0.25) is 0 Å². The minimum absolute atomic E-state index is 0.208. The Labute approximate surface area is 182 Å². The third-order valence-corrected chi connectivity index (χ3v) is 5.86. The zero-order valence-electron chi connectivity index (χ0n) is 16.8. The molecule has 0 radical (unpaired) electrons. The van der Waals surface area contributed by atoms with Crippen molar-refractivity contribution in [3.8, 4) is 5.75 Å². The van der Waals surface area contributed by atoms with E-state index < -0.39 is 0 Å². The summed E-state index contributed by atoms with van der Waals surface area (Å²) in [5, 5.41) is 0. The summed E-state index contributed by atoms with van der Waals surface area (Å²) >= 11 is 5.73. The second-order valence-electron chi connectivity index (χ2n) is 7.46. The molecule has 1 aliphatic rings. The molecule has 1 saturated heterocycles. The molecule has 3 nitrogen and oxygen atoms in total. The summed E-state index contributed by atoms with van der Waals surface area (Å²) in [5.41, 5.74) is 2.91. The van der Waals surface area contributed by atoms with E-state index >= 15 is 0 Å². The highest BCUT2D eigenvalue weighted by atomic mass is 32.1. The number of halogens is 1. The van der Waals surface area contributed by atoms with E-state index in [9.17, 15) is 4.39 Å². The summed E-state index contributed by atoms with van der Waals surface area (Å²) in [6, 6.07) is 25.0. The Hall–Kier alpha value is -2.76. The zero-order valence-corrected chi connectivity index (χ0v) is 17.7. The van der Waals surface area contributed by atoms with Gasteiger partial charge in [-0.15, -0.1) is 0 Å². The number of thiocarbonyl (C=S) groups is 1. The van der Waals surface area contributed by atoms with E-state index in [2.05, 4.69) is 40.1 Å². The Kier molecular flexibility index (Phi) is 6.72. The monoisotopic (exact) mass is 420 g/mol. The van der Waals surface area contributed by atoms with Crippen molar-refractivity contribution in [1.82, 2.24) is 9.80 Å². The van der Waals surface area contributed by atoms with E-state index in [1.54, 1.807) is 12.1 Å². The maximum atomic E-state index is 13.7. The summed E-state index contributed by atoms with van der Waals surface area (Å²) in [4.78, 5) is 5.61. The van der Waals surface area contributed by atoms with Crippen molar-refractivity contribution in [2.75, 3.05) is 26.2 Å². The van der Waals surface area contributed by atoms with Gasteiger partial charge in [-0.05, 0) is 35.9 Å². The molecule has 154 valence electrons. The SMILES string of the molecule is Fc1ccccc1COc1ccc(C(=S)N2CCN(Cc3ccccc3)CC2)cc1. The fourth-order valence-corrected chi connectivity index (χ4v) is 3.92. The van der Waals surface area contributed by atoms with Crippen molar-refractivity contribution in [3.05, 3.63) is 101 Å². The molecule has 5 heteroatoms. The van der Waals surface area contributed by atoms with Crippen molar-refractivity contribution in [3.63, 3.8) is 0 Å². The van der Waals surface area contributed by atoms with E-state index in [1.165, 1.54) is 11.6 Å². The minimum atomic E-state index is -0.248. The van der Waals surface area contributed by atoms with Gasteiger partial charge in [0, 0.05) is 43.9 Å². The fraction of sp³-hybridized carbons (Fsp3) is 0.240. The molecular weight excluding hydrogens is 395 g/mol. The number of piperazine rings is 1. The number of benzene rings is 3. The van der Waals surface area contributed by atoms with Gasteiger partial charge in [-0.1, -0.05) is 60.7 Å². The van der Waals surface area contributed by atoms with Gasteiger partial charge in [0.1, 0.15) is 23.2 Å². The predicted molar refractivity (Wildman–Crippen MR) is 122 cm³/mol. The topological polar surface area (TPSA) is 15.7 Å². The van der Waals surface area contributed by atoms with Crippen LogP contribution in [0.5, 0.6) is 5.75 Å². The van der Waals surface area contributed by atoms with E-state index in [-0.39, 0.29) is 12.4 Å². The molecule has 1 heterocycles. The van der Waals surface area contributed by atoms with Crippen LogP contribution in [-0.4, -0.2) is 41.0 Å². The lowest BCUT2D eigenvalue weighted by Gasteiger charge is -2.36. The maximum absolute atomic E-state index is 13.7. The van der Waals surface area contributed by atoms with Crippen LogP contribution in [0.25, 0.3) is 0 Å². The van der Waals surface area contributed by atoms with Crippen LogP contribution < -0.4 is 4.74 Å². The Bertz CT molecular complexity index is 970. The molecule has 0 atom stereocenters. The van der Waals surface area contributed by atoms with Gasteiger partial charge in [-0.3, -0.25) is 4.90 Å². The lowest BCUT2D eigenvalue weighted by atomic mass is 10.1. The molecule has 0 saturated carbocycles.